The van der Waals surface area contributed by atoms with Gasteiger partial charge in [0.25, 0.3) is 0 Å². The number of anilines is 2. The number of nitrogens with one attached hydrogen (secondary N) is 2. The smallest absolute Gasteiger partial charge is 0.244 e. The van der Waals surface area contributed by atoms with Gasteiger partial charge in [-0.1, -0.05) is 0 Å². The number of hydrogen-bond acceptors (Lipinski definition) is 7. The summed E-state index contributed by atoms with van der Waals surface area (Å²) in [6.45, 7) is 4.12. The van der Waals surface area contributed by atoms with Crippen LogP contribution >= 0.6 is 0 Å². The van der Waals surface area contributed by atoms with Crippen LogP contribution in [0, 0.1) is 0 Å². The van der Waals surface area contributed by atoms with Gasteiger partial charge in [-0.05, 0) is 6.92 Å². The van der Waals surface area contributed by atoms with E-state index < -0.39 is 6.04 Å². The standard InChI is InChI=1S/C13H21N5O3/c1-4-15-11-10(20-3)12(17-8-16-11)18-5-6-21-7-9(18)13(19)14-2/h8-9H,4-7H2,1-3H3,(H,14,19)(H,15,16,17). The molecule has 0 radical (unpaired) electrons. The molecule has 0 spiro atoms. The van der Waals surface area contributed by atoms with Crippen molar-refractivity contribution in [2.24, 2.45) is 0 Å². The lowest BCUT2D eigenvalue weighted by Gasteiger charge is -2.35. The second-order valence-corrected chi connectivity index (χ2v) is 4.51. The minimum atomic E-state index is -0.429. The predicted molar refractivity (Wildman–Crippen MR) is 78.8 cm³/mol. The van der Waals surface area contributed by atoms with Gasteiger partial charge in [-0.2, -0.15) is 0 Å². The molecule has 2 N–H and O–H groups in total. The number of carbonyl (C=O) groups is 1. The molecule has 1 aromatic heterocycles. The van der Waals surface area contributed by atoms with Gasteiger partial charge < -0.3 is 25.0 Å². The lowest BCUT2D eigenvalue weighted by molar-refractivity contribution is -0.124. The highest BCUT2D eigenvalue weighted by Gasteiger charge is 2.32. The lowest BCUT2D eigenvalue weighted by atomic mass is 10.2. The van der Waals surface area contributed by atoms with E-state index in [1.54, 1.807) is 14.2 Å². The summed E-state index contributed by atoms with van der Waals surface area (Å²) in [7, 11) is 3.18. The molecule has 0 saturated carbocycles. The van der Waals surface area contributed by atoms with Crippen molar-refractivity contribution < 1.29 is 14.3 Å². The molecular weight excluding hydrogens is 274 g/mol. The SMILES string of the molecule is CCNc1ncnc(N2CCOCC2C(=O)NC)c1OC. The molecule has 1 unspecified atom stereocenters. The van der Waals surface area contributed by atoms with Gasteiger partial charge in [0.1, 0.15) is 12.4 Å². The zero-order valence-electron chi connectivity index (χ0n) is 12.5. The molecule has 1 aliphatic rings. The topological polar surface area (TPSA) is 88.6 Å². The number of amides is 1. The molecule has 1 fully saturated rings. The number of carbonyl (C=O) groups excluding carboxylic acids is 1. The fraction of sp³-hybridized carbons (Fsp3) is 0.615. The average Bonchev–Trinajstić information content (AvgIpc) is 2.54. The summed E-state index contributed by atoms with van der Waals surface area (Å²) in [5.74, 6) is 1.64. The van der Waals surface area contributed by atoms with Crippen molar-refractivity contribution in [2.45, 2.75) is 13.0 Å². The fourth-order valence-corrected chi connectivity index (χ4v) is 2.29. The van der Waals surface area contributed by atoms with Gasteiger partial charge in [-0.3, -0.25) is 4.79 Å². The van der Waals surface area contributed by atoms with Gasteiger partial charge in [-0.15, -0.1) is 0 Å². The molecule has 0 bridgehead atoms. The van der Waals surface area contributed by atoms with Crippen molar-refractivity contribution in [1.82, 2.24) is 15.3 Å². The number of aromatic nitrogens is 2. The molecule has 1 aliphatic heterocycles. The van der Waals surface area contributed by atoms with E-state index in [0.717, 1.165) is 6.54 Å². The maximum Gasteiger partial charge on any atom is 0.244 e. The van der Waals surface area contributed by atoms with Crippen LogP contribution in [0.3, 0.4) is 0 Å². The molecule has 1 aromatic rings. The molecule has 21 heavy (non-hydrogen) atoms. The van der Waals surface area contributed by atoms with Crippen molar-refractivity contribution in [2.75, 3.05) is 50.7 Å². The lowest BCUT2D eigenvalue weighted by Crippen LogP contribution is -2.53. The van der Waals surface area contributed by atoms with Crippen LogP contribution in [-0.4, -0.2) is 62.4 Å². The van der Waals surface area contributed by atoms with Crippen molar-refractivity contribution in [3.8, 4) is 5.75 Å². The van der Waals surface area contributed by atoms with E-state index in [1.807, 2.05) is 11.8 Å². The van der Waals surface area contributed by atoms with Gasteiger partial charge in [0.2, 0.25) is 11.7 Å². The van der Waals surface area contributed by atoms with Gasteiger partial charge in [0, 0.05) is 20.1 Å². The Kier molecular flexibility index (Phi) is 5.15. The molecule has 8 heteroatoms. The third-order valence-corrected chi connectivity index (χ3v) is 3.28. The Morgan fingerprint density at radius 1 is 1.57 bits per heavy atom. The van der Waals surface area contributed by atoms with Crippen LogP contribution in [-0.2, 0) is 9.53 Å². The molecule has 1 atom stereocenters. The first kappa shape index (κ1) is 15.3. The Labute approximate surface area is 123 Å². The second-order valence-electron chi connectivity index (χ2n) is 4.51. The number of hydrogen-bond donors (Lipinski definition) is 2. The van der Waals surface area contributed by atoms with Crippen LogP contribution in [0.15, 0.2) is 6.33 Å². The first-order chi connectivity index (χ1) is 10.2. The van der Waals surface area contributed by atoms with Crippen LogP contribution in [0.1, 0.15) is 6.92 Å². The molecule has 1 amide bonds. The van der Waals surface area contributed by atoms with Crippen LogP contribution in [0.5, 0.6) is 5.75 Å². The molecular formula is C13H21N5O3. The third-order valence-electron chi connectivity index (χ3n) is 3.28. The van der Waals surface area contributed by atoms with Gasteiger partial charge in [-0.25, -0.2) is 9.97 Å². The Hall–Kier alpha value is -2.09. The molecule has 0 aliphatic carbocycles. The van der Waals surface area contributed by atoms with E-state index in [0.29, 0.717) is 37.1 Å². The summed E-state index contributed by atoms with van der Waals surface area (Å²) >= 11 is 0. The summed E-state index contributed by atoms with van der Waals surface area (Å²) < 4.78 is 10.8. The van der Waals surface area contributed by atoms with E-state index in [9.17, 15) is 4.79 Å². The molecule has 116 valence electrons. The van der Waals surface area contributed by atoms with Crippen LogP contribution < -0.4 is 20.3 Å². The summed E-state index contributed by atoms with van der Waals surface area (Å²) in [6, 6.07) is -0.429. The maximum absolute atomic E-state index is 12.0. The summed E-state index contributed by atoms with van der Waals surface area (Å²) in [5, 5.41) is 5.78. The first-order valence-electron chi connectivity index (χ1n) is 6.91. The number of methoxy groups -OCH3 is 1. The minimum absolute atomic E-state index is 0.111. The number of likely N-dealkylation sites (N-methyl/N-ethyl adjacent to an activating group) is 1. The van der Waals surface area contributed by atoms with Gasteiger partial charge in [0.05, 0.1) is 20.3 Å². The number of ether oxygens (including phenoxy) is 2. The number of rotatable bonds is 5. The van der Waals surface area contributed by atoms with Crippen LogP contribution in [0.2, 0.25) is 0 Å². The van der Waals surface area contributed by atoms with Crippen molar-refractivity contribution in [3.63, 3.8) is 0 Å². The van der Waals surface area contributed by atoms with Gasteiger partial charge in [0.15, 0.2) is 11.6 Å². The largest absolute Gasteiger partial charge is 0.490 e. The highest BCUT2D eigenvalue weighted by Crippen LogP contribution is 2.33. The number of nitrogens with zero attached hydrogens (tertiary/aromatic N) is 3. The Morgan fingerprint density at radius 3 is 3.05 bits per heavy atom. The van der Waals surface area contributed by atoms with Crippen molar-refractivity contribution >= 4 is 17.5 Å². The minimum Gasteiger partial charge on any atom is -0.490 e. The zero-order valence-corrected chi connectivity index (χ0v) is 12.5. The molecule has 8 nitrogen and oxygen atoms in total. The van der Waals surface area contributed by atoms with E-state index in [-0.39, 0.29) is 5.91 Å². The normalized spacial score (nSPS) is 18.2. The van der Waals surface area contributed by atoms with E-state index in [4.69, 9.17) is 9.47 Å². The highest BCUT2D eigenvalue weighted by atomic mass is 16.5. The summed E-state index contributed by atoms with van der Waals surface area (Å²) in [6.07, 6.45) is 1.46. The second kappa shape index (κ2) is 7.07. The Balaban J connectivity index is 2.38. The zero-order chi connectivity index (χ0) is 15.2. The maximum atomic E-state index is 12.0. The van der Waals surface area contributed by atoms with E-state index >= 15 is 0 Å². The number of morpholine rings is 1. The Morgan fingerprint density at radius 2 is 2.38 bits per heavy atom. The van der Waals surface area contributed by atoms with Gasteiger partial charge >= 0.3 is 0 Å². The predicted octanol–water partition coefficient (Wildman–Crippen LogP) is -0.132. The van der Waals surface area contributed by atoms with Crippen LogP contribution in [0.4, 0.5) is 11.6 Å². The van der Waals surface area contributed by atoms with Crippen molar-refractivity contribution in [1.29, 1.82) is 0 Å². The average molecular weight is 295 g/mol. The Bertz CT molecular complexity index is 497. The monoisotopic (exact) mass is 295 g/mol. The molecule has 2 rings (SSSR count). The van der Waals surface area contributed by atoms with E-state index in [2.05, 4.69) is 20.6 Å². The molecule has 2 heterocycles. The third kappa shape index (κ3) is 3.15. The molecule has 1 saturated heterocycles. The summed E-state index contributed by atoms with van der Waals surface area (Å²) in [5.41, 5.74) is 0. The quantitative estimate of drug-likeness (QED) is 0.782. The van der Waals surface area contributed by atoms with Crippen molar-refractivity contribution in [3.05, 3.63) is 6.33 Å². The highest BCUT2D eigenvalue weighted by molar-refractivity contribution is 5.86. The first-order valence-corrected chi connectivity index (χ1v) is 6.91. The van der Waals surface area contributed by atoms with E-state index in [1.165, 1.54) is 6.33 Å². The van der Waals surface area contributed by atoms with Crippen LogP contribution in [0.25, 0.3) is 0 Å². The summed E-state index contributed by atoms with van der Waals surface area (Å²) in [4.78, 5) is 22.4. The fourth-order valence-electron chi connectivity index (χ4n) is 2.29. The molecule has 0 aromatic carbocycles.